The molecule has 0 spiro atoms. The van der Waals surface area contributed by atoms with Crippen LogP contribution in [0.25, 0.3) is 0 Å². The van der Waals surface area contributed by atoms with Crippen molar-refractivity contribution in [3.63, 3.8) is 0 Å². The van der Waals surface area contributed by atoms with Gasteiger partial charge in [0, 0.05) is 18.0 Å². The minimum absolute atomic E-state index is 0.00607. The molecule has 3 atom stereocenters. The highest BCUT2D eigenvalue weighted by molar-refractivity contribution is 5.48. The van der Waals surface area contributed by atoms with Crippen LogP contribution in [0.4, 0.5) is 0 Å². The average Bonchev–Trinajstić information content (AvgIpc) is 2.95. The zero-order valence-electron chi connectivity index (χ0n) is 13.9. The number of likely N-dealkylation sites (tertiary alicyclic amines) is 1. The molecule has 4 nitrogen and oxygen atoms in total. The number of likely N-dealkylation sites (N-methyl/N-ethyl adjacent to an activating group) is 1. The second kappa shape index (κ2) is 5.54. The van der Waals surface area contributed by atoms with Crippen LogP contribution >= 0.6 is 0 Å². The molecule has 0 unspecified atom stereocenters. The van der Waals surface area contributed by atoms with Crippen LogP contribution < -0.4 is 9.47 Å². The van der Waals surface area contributed by atoms with E-state index in [0.29, 0.717) is 6.61 Å². The van der Waals surface area contributed by atoms with E-state index in [2.05, 4.69) is 30.1 Å². The van der Waals surface area contributed by atoms with Gasteiger partial charge >= 0.3 is 0 Å². The highest BCUT2D eigenvalue weighted by atomic mass is 16.5. The molecule has 0 amide bonds. The van der Waals surface area contributed by atoms with Crippen LogP contribution in [0.5, 0.6) is 11.5 Å². The fourth-order valence-corrected chi connectivity index (χ4v) is 4.29. The average molecular weight is 320 g/mol. The molecule has 2 aliphatic heterocycles. The molecule has 2 heterocycles. The summed E-state index contributed by atoms with van der Waals surface area (Å²) in [6.07, 6.45) is 0. The van der Waals surface area contributed by atoms with Gasteiger partial charge in [-0.1, -0.05) is 30.3 Å². The standard InChI is InChI=1S/C20H20N2O2/c1-22-11-17(14-6-4-3-5-7-14)20(12-21)13-24-18-9-8-15(23-2)10-16(18)19(20)22/h3-10,17,19H,11,13H2,1-2H3/t17-,19+,20+/m0/s1. The SMILES string of the molecule is COc1ccc2c(c1)[C@H]1N(C)C[C@@H](c3ccccc3)[C@@]1(C#N)CO2. The maximum absolute atomic E-state index is 10.2. The van der Waals surface area contributed by atoms with Crippen molar-refractivity contribution < 1.29 is 9.47 Å². The minimum atomic E-state index is -0.588. The minimum Gasteiger partial charge on any atom is -0.497 e. The number of rotatable bonds is 2. The van der Waals surface area contributed by atoms with Crippen molar-refractivity contribution in [3.8, 4) is 17.6 Å². The van der Waals surface area contributed by atoms with Gasteiger partial charge in [0.15, 0.2) is 0 Å². The van der Waals surface area contributed by atoms with Gasteiger partial charge in [0.2, 0.25) is 0 Å². The Morgan fingerprint density at radius 3 is 2.75 bits per heavy atom. The van der Waals surface area contributed by atoms with Crippen LogP contribution in [0.1, 0.15) is 23.1 Å². The third-order valence-electron chi connectivity index (χ3n) is 5.41. The molecule has 4 rings (SSSR count). The second-order valence-electron chi connectivity index (χ2n) is 6.65. The molecule has 1 fully saturated rings. The highest BCUT2D eigenvalue weighted by Crippen LogP contribution is 2.58. The molecule has 0 aromatic heterocycles. The third-order valence-corrected chi connectivity index (χ3v) is 5.41. The molecule has 0 radical (unpaired) electrons. The quantitative estimate of drug-likeness (QED) is 0.851. The molecule has 0 N–H and O–H groups in total. The Balaban J connectivity index is 1.85. The molecule has 2 aliphatic rings. The van der Waals surface area contributed by atoms with Crippen LogP contribution in [0.2, 0.25) is 0 Å². The van der Waals surface area contributed by atoms with Crippen molar-refractivity contribution >= 4 is 0 Å². The number of hydrogen-bond acceptors (Lipinski definition) is 4. The van der Waals surface area contributed by atoms with E-state index in [1.807, 2.05) is 36.4 Å². The van der Waals surface area contributed by atoms with E-state index >= 15 is 0 Å². The molecular formula is C20H20N2O2. The first-order chi connectivity index (χ1) is 11.7. The Kier molecular flexibility index (Phi) is 3.47. The molecule has 1 saturated heterocycles. The first kappa shape index (κ1) is 15.0. The van der Waals surface area contributed by atoms with Crippen molar-refractivity contribution in [1.82, 2.24) is 4.90 Å². The topological polar surface area (TPSA) is 45.5 Å². The number of nitrogens with zero attached hydrogens (tertiary/aromatic N) is 2. The molecule has 2 aromatic carbocycles. The van der Waals surface area contributed by atoms with Gasteiger partial charge < -0.3 is 9.47 Å². The molecule has 24 heavy (non-hydrogen) atoms. The zero-order chi connectivity index (χ0) is 16.7. The van der Waals surface area contributed by atoms with Gasteiger partial charge in [0.1, 0.15) is 23.5 Å². The summed E-state index contributed by atoms with van der Waals surface area (Å²) in [7, 11) is 3.75. The summed E-state index contributed by atoms with van der Waals surface area (Å²) in [6.45, 7) is 1.25. The highest BCUT2D eigenvalue weighted by Gasteiger charge is 2.58. The van der Waals surface area contributed by atoms with Crippen LogP contribution in [0, 0.1) is 16.7 Å². The van der Waals surface area contributed by atoms with Crippen LogP contribution in [-0.2, 0) is 0 Å². The first-order valence-electron chi connectivity index (χ1n) is 8.17. The number of hydrogen-bond donors (Lipinski definition) is 0. The number of ether oxygens (including phenoxy) is 2. The fourth-order valence-electron chi connectivity index (χ4n) is 4.29. The summed E-state index contributed by atoms with van der Waals surface area (Å²) < 4.78 is 11.4. The number of methoxy groups -OCH3 is 1. The van der Waals surface area contributed by atoms with Crippen molar-refractivity contribution in [2.24, 2.45) is 5.41 Å². The van der Waals surface area contributed by atoms with Crippen LogP contribution in [0.15, 0.2) is 48.5 Å². The maximum atomic E-state index is 10.2. The summed E-state index contributed by atoms with van der Waals surface area (Å²) in [5.41, 5.74) is 1.65. The predicted molar refractivity (Wildman–Crippen MR) is 91.1 cm³/mol. The van der Waals surface area contributed by atoms with E-state index in [0.717, 1.165) is 23.6 Å². The number of nitriles is 1. The van der Waals surface area contributed by atoms with Gasteiger partial charge in [0.25, 0.3) is 0 Å². The van der Waals surface area contributed by atoms with Crippen LogP contribution in [0.3, 0.4) is 0 Å². The zero-order valence-corrected chi connectivity index (χ0v) is 13.9. The van der Waals surface area contributed by atoms with Gasteiger partial charge in [0.05, 0.1) is 19.2 Å². The Morgan fingerprint density at radius 2 is 2.04 bits per heavy atom. The Labute approximate surface area is 142 Å². The summed E-state index contributed by atoms with van der Waals surface area (Å²) in [5, 5.41) is 10.2. The van der Waals surface area contributed by atoms with E-state index in [1.54, 1.807) is 7.11 Å². The van der Waals surface area contributed by atoms with Gasteiger partial charge in [-0.25, -0.2) is 0 Å². The molecule has 0 bridgehead atoms. The molecular weight excluding hydrogens is 300 g/mol. The normalized spacial score (nSPS) is 28.4. The molecule has 0 aliphatic carbocycles. The molecule has 4 heteroatoms. The van der Waals surface area contributed by atoms with E-state index in [1.165, 1.54) is 5.56 Å². The van der Waals surface area contributed by atoms with Crippen LogP contribution in [-0.4, -0.2) is 32.2 Å². The van der Waals surface area contributed by atoms with E-state index in [4.69, 9.17) is 9.47 Å². The van der Waals surface area contributed by atoms with Gasteiger partial charge in [-0.3, -0.25) is 4.90 Å². The molecule has 2 aromatic rings. The Bertz CT molecular complexity index is 799. The summed E-state index contributed by atoms with van der Waals surface area (Å²) in [4.78, 5) is 2.28. The lowest BCUT2D eigenvalue weighted by atomic mass is 9.69. The van der Waals surface area contributed by atoms with E-state index in [9.17, 15) is 5.26 Å². The third kappa shape index (κ3) is 2.02. The van der Waals surface area contributed by atoms with Gasteiger partial charge in [-0.2, -0.15) is 5.26 Å². The largest absolute Gasteiger partial charge is 0.497 e. The lowest BCUT2D eigenvalue weighted by Crippen LogP contribution is -2.40. The number of benzene rings is 2. The Morgan fingerprint density at radius 1 is 1.25 bits per heavy atom. The lowest BCUT2D eigenvalue weighted by molar-refractivity contribution is 0.107. The van der Waals surface area contributed by atoms with E-state index < -0.39 is 5.41 Å². The molecule has 122 valence electrons. The van der Waals surface area contributed by atoms with Gasteiger partial charge in [-0.05, 0) is 30.8 Å². The van der Waals surface area contributed by atoms with E-state index in [-0.39, 0.29) is 12.0 Å². The molecule has 0 saturated carbocycles. The monoisotopic (exact) mass is 320 g/mol. The van der Waals surface area contributed by atoms with Gasteiger partial charge in [-0.15, -0.1) is 0 Å². The lowest BCUT2D eigenvalue weighted by Gasteiger charge is -2.39. The van der Waals surface area contributed by atoms with Crippen molar-refractivity contribution in [3.05, 3.63) is 59.7 Å². The van der Waals surface area contributed by atoms with Crippen molar-refractivity contribution in [2.45, 2.75) is 12.0 Å². The maximum Gasteiger partial charge on any atom is 0.124 e. The smallest absolute Gasteiger partial charge is 0.124 e. The van der Waals surface area contributed by atoms with Crippen molar-refractivity contribution in [1.29, 1.82) is 5.26 Å². The van der Waals surface area contributed by atoms with Crippen molar-refractivity contribution in [2.75, 3.05) is 27.3 Å². The summed E-state index contributed by atoms with van der Waals surface area (Å²) >= 11 is 0. The Hall–Kier alpha value is -2.51. The fraction of sp³-hybridized carbons (Fsp3) is 0.350. The first-order valence-corrected chi connectivity index (χ1v) is 8.17. The second-order valence-corrected chi connectivity index (χ2v) is 6.65. The summed E-state index contributed by atoms with van der Waals surface area (Å²) in [5.74, 6) is 1.77. The predicted octanol–water partition coefficient (Wildman–Crippen LogP) is 3.37. The number of fused-ring (bicyclic) bond motifs is 3. The summed E-state index contributed by atoms with van der Waals surface area (Å²) in [6, 6.07) is 18.8.